The van der Waals surface area contributed by atoms with E-state index in [1.165, 1.54) is 37.4 Å². The average molecular weight is 452 g/mol. The summed E-state index contributed by atoms with van der Waals surface area (Å²) >= 11 is 0. The number of allylic oxidation sites excluding steroid dienone is 1. The number of rotatable bonds is 6. The van der Waals surface area contributed by atoms with Gasteiger partial charge in [-0.1, -0.05) is 12.1 Å². The quantitative estimate of drug-likeness (QED) is 0.378. The predicted molar refractivity (Wildman–Crippen MR) is 117 cm³/mol. The van der Waals surface area contributed by atoms with Crippen molar-refractivity contribution < 1.29 is 24.3 Å². The highest BCUT2D eigenvalue weighted by atomic mass is 16.6. The summed E-state index contributed by atoms with van der Waals surface area (Å²) in [5.41, 5.74) is 0.895. The maximum absolute atomic E-state index is 13.5. The largest absolute Gasteiger partial charge is 0.500 e. The molecule has 0 bridgehead atoms. The van der Waals surface area contributed by atoms with E-state index in [1.807, 2.05) is 0 Å². The van der Waals surface area contributed by atoms with Crippen LogP contribution < -0.4 is 20.1 Å². The van der Waals surface area contributed by atoms with Gasteiger partial charge < -0.3 is 25.2 Å². The molecule has 0 aliphatic carbocycles. The highest BCUT2D eigenvalue weighted by molar-refractivity contribution is 6.06. The number of nitro groups is 1. The summed E-state index contributed by atoms with van der Waals surface area (Å²) in [5, 5.41) is 31.8. The van der Waals surface area contributed by atoms with E-state index in [1.54, 1.807) is 31.2 Å². The van der Waals surface area contributed by atoms with Gasteiger partial charge in [0, 0.05) is 11.8 Å². The van der Waals surface area contributed by atoms with Crippen LogP contribution in [0.25, 0.3) is 0 Å². The van der Waals surface area contributed by atoms with Gasteiger partial charge in [-0.25, -0.2) is 4.68 Å². The molecular weight excluding hydrogens is 432 g/mol. The number of ether oxygens (including phenoxy) is 2. The summed E-state index contributed by atoms with van der Waals surface area (Å²) < 4.78 is 11.9. The third-order valence-electron chi connectivity index (χ3n) is 5.20. The van der Waals surface area contributed by atoms with Crippen molar-refractivity contribution in [1.82, 2.24) is 14.8 Å². The minimum absolute atomic E-state index is 0.110. The van der Waals surface area contributed by atoms with Gasteiger partial charge in [0.25, 0.3) is 5.91 Å². The Kier molecular flexibility index (Phi) is 5.56. The SMILES string of the molecule is COc1ccccc1NC(=O)C1=C(C)Nc2ncnn2C1c1cc(OC)c(O)c([N+](=O)[O-])c1. The van der Waals surface area contributed by atoms with Crippen LogP contribution in [0.15, 0.2) is 54.0 Å². The number of phenols is 1. The molecule has 0 saturated carbocycles. The summed E-state index contributed by atoms with van der Waals surface area (Å²) in [5.74, 6) is -0.388. The molecule has 1 atom stereocenters. The highest BCUT2D eigenvalue weighted by Crippen LogP contribution is 2.43. The number of aromatic nitrogens is 3. The van der Waals surface area contributed by atoms with Crippen molar-refractivity contribution in [3.05, 3.63) is 69.7 Å². The monoisotopic (exact) mass is 452 g/mol. The first kappa shape index (κ1) is 21.6. The van der Waals surface area contributed by atoms with Gasteiger partial charge in [-0.2, -0.15) is 10.1 Å². The van der Waals surface area contributed by atoms with E-state index in [4.69, 9.17) is 9.47 Å². The zero-order valence-corrected chi connectivity index (χ0v) is 17.9. The summed E-state index contributed by atoms with van der Waals surface area (Å²) in [6.07, 6.45) is 1.30. The van der Waals surface area contributed by atoms with Gasteiger partial charge in [0.1, 0.15) is 18.1 Å². The molecule has 12 nitrogen and oxygen atoms in total. The first-order valence-electron chi connectivity index (χ1n) is 9.72. The molecule has 2 aromatic carbocycles. The summed E-state index contributed by atoms with van der Waals surface area (Å²) in [6, 6.07) is 8.63. The smallest absolute Gasteiger partial charge is 0.315 e. The van der Waals surface area contributed by atoms with E-state index >= 15 is 0 Å². The molecule has 1 aromatic heterocycles. The molecular formula is C21H20N6O6. The number of benzene rings is 2. The molecule has 12 heteroatoms. The number of aromatic hydroxyl groups is 1. The van der Waals surface area contributed by atoms with Crippen LogP contribution in [0.4, 0.5) is 17.3 Å². The van der Waals surface area contributed by atoms with E-state index in [2.05, 4.69) is 20.7 Å². The van der Waals surface area contributed by atoms with Gasteiger partial charge in [-0.15, -0.1) is 0 Å². The molecule has 1 aliphatic rings. The number of methoxy groups -OCH3 is 2. The van der Waals surface area contributed by atoms with E-state index in [0.29, 0.717) is 28.6 Å². The lowest BCUT2D eigenvalue weighted by Gasteiger charge is -2.29. The number of nitro benzene ring substituents is 1. The number of amides is 1. The number of nitrogens with zero attached hydrogens (tertiary/aromatic N) is 4. The summed E-state index contributed by atoms with van der Waals surface area (Å²) in [6.45, 7) is 1.69. The van der Waals surface area contributed by atoms with Gasteiger partial charge in [-0.05, 0) is 30.7 Å². The Labute approximate surface area is 187 Å². The van der Waals surface area contributed by atoms with Crippen molar-refractivity contribution in [2.45, 2.75) is 13.0 Å². The number of fused-ring (bicyclic) bond motifs is 1. The van der Waals surface area contributed by atoms with Crippen LogP contribution in [0.3, 0.4) is 0 Å². The standard InChI is InChI=1S/C21H20N6O6/c1-11-17(20(29)25-13-6-4-5-7-15(13)32-2)18(26-21(24-11)22-10-23-26)12-8-14(27(30)31)19(28)16(9-12)33-3/h4-10,18,28H,1-3H3,(H,25,29)(H,22,23,24). The second-order valence-corrected chi connectivity index (χ2v) is 7.10. The normalized spacial score (nSPS) is 14.8. The van der Waals surface area contributed by atoms with Crippen LogP contribution in [0, 0.1) is 10.1 Å². The number of hydrogen-bond acceptors (Lipinski definition) is 9. The molecule has 4 rings (SSSR count). The van der Waals surface area contributed by atoms with Gasteiger partial charge in [0.15, 0.2) is 5.75 Å². The second-order valence-electron chi connectivity index (χ2n) is 7.10. The lowest BCUT2D eigenvalue weighted by molar-refractivity contribution is -0.386. The van der Waals surface area contributed by atoms with Crippen molar-refractivity contribution in [2.24, 2.45) is 0 Å². The molecule has 1 aliphatic heterocycles. The maximum Gasteiger partial charge on any atom is 0.315 e. The molecule has 1 amide bonds. The molecule has 33 heavy (non-hydrogen) atoms. The fourth-order valence-electron chi connectivity index (χ4n) is 3.70. The Morgan fingerprint density at radius 2 is 1.97 bits per heavy atom. The van der Waals surface area contributed by atoms with Gasteiger partial charge >= 0.3 is 5.69 Å². The van der Waals surface area contributed by atoms with Gasteiger partial charge in [-0.3, -0.25) is 14.9 Å². The van der Waals surface area contributed by atoms with Gasteiger partial charge in [0.05, 0.1) is 30.4 Å². The predicted octanol–water partition coefficient (Wildman–Crippen LogP) is 2.84. The summed E-state index contributed by atoms with van der Waals surface area (Å²) in [7, 11) is 2.77. The Balaban J connectivity index is 1.86. The second kappa shape index (κ2) is 8.49. The number of nitrogens with one attached hydrogen (secondary N) is 2. The van der Waals surface area contributed by atoms with Crippen molar-refractivity contribution in [3.63, 3.8) is 0 Å². The zero-order chi connectivity index (χ0) is 23.7. The first-order chi connectivity index (χ1) is 15.8. The minimum Gasteiger partial charge on any atom is -0.500 e. The Morgan fingerprint density at radius 3 is 2.67 bits per heavy atom. The average Bonchev–Trinajstić information content (AvgIpc) is 3.26. The molecule has 0 fully saturated rings. The Morgan fingerprint density at radius 1 is 1.24 bits per heavy atom. The van der Waals surface area contributed by atoms with Crippen molar-refractivity contribution in [2.75, 3.05) is 24.9 Å². The van der Waals surface area contributed by atoms with Crippen LogP contribution >= 0.6 is 0 Å². The molecule has 3 N–H and O–H groups in total. The van der Waals surface area contributed by atoms with Crippen molar-refractivity contribution in [1.29, 1.82) is 0 Å². The minimum atomic E-state index is -0.897. The zero-order valence-electron chi connectivity index (χ0n) is 17.9. The van der Waals surface area contributed by atoms with Gasteiger partial charge in [0.2, 0.25) is 11.7 Å². The van der Waals surface area contributed by atoms with Crippen LogP contribution in [-0.2, 0) is 4.79 Å². The lowest BCUT2D eigenvalue weighted by atomic mass is 9.94. The number of hydrogen-bond donors (Lipinski definition) is 3. The number of anilines is 2. The third kappa shape index (κ3) is 3.78. The molecule has 0 spiro atoms. The molecule has 0 radical (unpaired) electrons. The number of carbonyl (C=O) groups is 1. The highest BCUT2D eigenvalue weighted by Gasteiger charge is 2.36. The number of carbonyl (C=O) groups excluding carboxylic acids is 1. The van der Waals surface area contributed by atoms with E-state index < -0.39 is 28.3 Å². The van der Waals surface area contributed by atoms with Crippen molar-refractivity contribution >= 4 is 23.2 Å². The fourth-order valence-corrected chi connectivity index (χ4v) is 3.70. The Bertz CT molecular complexity index is 1280. The lowest BCUT2D eigenvalue weighted by Crippen LogP contribution is -2.31. The van der Waals surface area contributed by atoms with E-state index in [9.17, 15) is 20.0 Å². The van der Waals surface area contributed by atoms with Crippen LogP contribution in [-0.4, -0.2) is 44.9 Å². The summed E-state index contributed by atoms with van der Waals surface area (Å²) in [4.78, 5) is 28.4. The third-order valence-corrected chi connectivity index (χ3v) is 5.20. The van der Waals surface area contributed by atoms with Crippen LogP contribution in [0.5, 0.6) is 17.2 Å². The number of phenolic OH excluding ortho intramolecular Hbond substituents is 1. The molecule has 2 heterocycles. The fraction of sp³-hybridized carbons (Fsp3) is 0.190. The molecule has 170 valence electrons. The molecule has 3 aromatic rings. The topological polar surface area (TPSA) is 154 Å². The Hall–Kier alpha value is -4.61. The van der Waals surface area contributed by atoms with Crippen LogP contribution in [0.1, 0.15) is 18.5 Å². The van der Waals surface area contributed by atoms with E-state index in [-0.39, 0.29) is 11.3 Å². The van der Waals surface area contributed by atoms with Crippen LogP contribution in [0.2, 0.25) is 0 Å². The maximum atomic E-state index is 13.5. The first-order valence-corrected chi connectivity index (χ1v) is 9.72. The van der Waals surface area contributed by atoms with Crippen molar-refractivity contribution in [3.8, 4) is 17.2 Å². The van der Waals surface area contributed by atoms with E-state index in [0.717, 1.165) is 0 Å². The molecule has 0 saturated heterocycles. The molecule has 1 unspecified atom stereocenters. The number of para-hydroxylation sites is 2.